The number of allylic oxidation sites excluding steroid dienone is 2. The molecular weight excluding hydrogens is 314 g/mol. The minimum Gasteiger partial charge on any atom is -0.317 e. The van der Waals surface area contributed by atoms with Crippen molar-refractivity contribution in [2.75, 3.05) is 13.1 Å². The summed E-state index contributed by atoms with van der Waals surface area (Å²) in [6.07, 6.45) is 5.60. The van der Waals surface area contributed by atoms with Crippen molar-refractivity contribution in [3.05, 3.63) is 23.1 Å². The quantitative estimate of drug-likeness (QED) is 0.643. The van der Waals surface area contributed by atoms with Crippen molar-refractivity contribution >= 4 is 20.0 Å². The van der Waals surface area contributed by atoms with Crippen LogP contribution >= 0.6 is 0 Å². The van der Waals surface area contributed by atoms with Gasteiger partial charge in [0.15, 0.2) is 0 Å². The summed E-state index contributed by atoms with van der Waals surface area (Å²) in [6, 6.07) is -0.0786. The maximum absolute atomic E-state index is 12.5. The fourth-order valence-electron chi connectivity index (χ4n) is 2.40. The van der Waals surface area contributed by atoms with E-state index in [0.29, 0.717) is 0 Å². The van der Waals surface area contributed by atoms with Gasteiger partial charge in [0.2, 0.25) is 20.0 Å². The number of hydrogen-bond acceptors (Lipinski definition) is 5. The fourth-order valence-corrected chi connectivity index (χ4v) is 4.47. The largest absolute Gasteiger partial charge is 0.317 e. The Hall–Kier alpha value is -0.740. The van der Waals surface area contributed by atoms with E-state index in [1.54, 1.807) is 6.92 Å². The predicted molar refractivity (Wildman–Crippen MR) is 81.3 cm³/mol. The van der Waals surface area contributed by atoms with Crippen LogP contribution in [0.4, 0.5) is 0 Å². The molecule has 0 bridgehead atoms. The van der Waals surface area contributed by atoms with E-state index in [9.17, 15) is 16.8 Å². The van der Waals surface area contributed by atoms with Gasteiger partial charge < -0.3 is 5.32 Å². The molecule has 120 valence electrons. The van der Waals surface area contributed by atoms with Crippen LogP contribution < -0.4 is 15.2 Å². The van der Waals surface area contributed by atoms with Gasteiger partial charge in [-0.15, -0.1) is 0 Å². The molecule has 2 rings (SSSR count). The maximum Gasteiger partial charge on any atom is 0.237 e. The summed E-state index contributed by atoms with van der Waals surface area (Å²) < 4.78 is 49.1. The topological polar surface area (TPSA) is 118 Å². The zero-order chi connectivity index (χ0) is 15.7. The van der Waals surface area contributed by atoms with Gasteiger partial charge in [-0.2, -0.15) is 0 Å². The minimum absolute atomic E-state index is 0.0444. The molecule has 1 aliphatic carbocycles. The van der Waals surface area contributed by atoms with E-state index in [1.165, 1.54) is 18.2 Å². The monoisotopic (exact) mass is 335 g/mol. The summed E-state index contributed by atoms with van der Waals surface area (Å²) in [5.41, 5.74) is 0. The van der Waals surface area contributed by atoms with Gasteiger partial charge in [0.1, 0.15) is 4.75 Å². The van der Waals surface area contributed by atoms with E-state index in [-0.39, 0.29) is 17.4 Å². The van der Waals surface area contributed by atoms with E-state index >= 15 is 0 Å². The molecule has 1 unspecified atom stereocenters. The van der Waals surface area contributed by atoms with Gasteiger partial charge in [-0.05, 0) is 45.4 Å². The number of nitrogens with two attached hydrogens (primary N) is 1. The second-order valence-electron chi connectivity index (χ2n) is 5.65. The molecule has 1 atom stereocenters. The van der Waals surface area contributed by atoms with Crippen LogP contribution in [0.1, 0.15) is 26.2 Å². The molecule has 0 saturated carbocycles. The first-order valence-corrected chi connectivity index (χ1v) is 9.82. The van der Waals surface area contributed by atoms with Crippen molar-refractivity contribution in [1.82, 2.24) is 10.0 Å². The normalized spacial score (nSPS) is 28.4. The lowest BCUT2D eigenvalue weighted by molar-refractivity contribution is 0.422. The molecular formula is C12H21N3O4S2. The molecule has 0 radical (unpaired) electrons. The Morgan fingerprint density at radius 1 is 1.29 bits per heavy atom. The van der Waals surface area contributed by atoms with Crippen LogP contribution in [0, 0.1) is 0 Å². The molecule has 1 fully saturated rings. The molecule has 7 nitrogen and oxygen atoms in total. The Bertz CT molecular complexity index is 661. The summed E-state index contributed by atoms with van der Waals surface area (Å²) in [5.74, 6) is 0. The highest BCUT2D eigenvalue weighted by Crippen LogP contribution is 2.30. The van der Waals surface area contributed by atoms with Gasteiger partial charge in [-0.1, -0.05) is 12.2 Å². The Labute approximate surface area is 125 Å². The van der Waals surface area contributed by atoms with Crippen LogP contribution in [0.3, 0.4) is 0 Å². The van der Waals surface area contributed by atoms with Gasteiger partial charge in [-0.3, -0.25) is 0 Å². The molecule has 1 heterocycles. The average Bonchev–Trinajstić information content (AvgIpc) is 2.38. The third-order valence-corrected chi connectivity index (χ3v) is 7.05. The molecule has 0 aromatic rings. The summed E-state index contributed by atoms with van der Waals surface area (Å²) >= 11 is 0. The van der Waals surface area contributed by atoms with E-state index in [0.717, 1.165) is 25.9 Å². The fraction of sp³-hybridized carbons (Fsp3) is 0.667. The van der Waals surface area contributed by atoms with E-state index in [1.807, 2.05) is 0 Å². The van der Waals surface area contributed by atoms with Gasteiger partial charge >= 0.3 is 0 Å². The standard InChI is InChI=1S/C12H21N3O4S2/c1-12(6-2-11(3-7-12)20(13,16)17)21(18,19)15-10-4-8-14-9-5-10/h2-3,6,10,14-15H,4-5,7-9H2,1H3,(H2,13,16,17). The molecule has 1 saturated heterocycles. The van der Waals surface area contributed by atoms with Crippen LogP contribution in [0.5, 0.6) is 0 Å². The molecule has 0 amide bonds. The van der Waals surface area contributed by atoms with Crippen LogP contribution in [-0.2, 0) is 20.0 Å². The highest BCUT2D eigenvalue weighted by molar-refractivity contribution is 7.93. The highest BCUT2D eigenvalue weighted by Gasteiger charge is 2.39. The lowest BCUT2D eigenvalue weighted by Gasteiger charge is -2.31. The maximum atomic E-state index is 12.5. The van der Waals surface area contributed by atoms with Gasteiger partial charge in [0.25, 0.3) is 0 Å². The predicted octanol–water partition coefficient (Wildman–Crippen LogP) is -0.451. The molecule has 4 N–H and O–H groups in total. The van der Waals surface area contributed by atoms with Gasteiger partial charge in [0.05, 0.1) is 4.91 Å². The Kier molecular flexibility index (Phi) is 4.60. The Morgan fingerprint density at radius 2 is 1.90 bits per heavy atom. The third kappa shape index (κ3) is 3.72. The molecule has 0 spiro atoms. The minimum atomic E-state index is -3.80. The van der Waals surface area contributed by atoms with Crippen molar-refractivity contribution in [3.8, 4) is 0 Å². The molecule has 9 heteroatoms. The first kappa shape index (κ1) is 16.6. The van der Waals surface area contributed by atoms with Gasteiger partial charge in [-0.25, -0.2) is 26.7 Å². The second kappa shape index (κ2) is 5.81. The summed E-state index contributed by atoms with van der Waals surface area (Å²) in [6.45, 7) is 3.15. The van der Waals surface area contributed by atoms with Crippen molar-refractivity contribution < 1.29 is 16.8 Å². The van der Waals surface area contributed by atoms with Crippen molar-refractivity contribution in [1.29, 1.82) is 0 Å². The molecule has 21 heavy (non-hydrogen) atoms. The van der Waals surface area contributed by atoms with Crippen LogP contribution in [0.25, 0.3) is 0 Å². The van der Waals surface area contributed by atoms with Crippen LogP contribution in [-0.4, -0.2) is 40.7 Å². The molecule has 0 aromatic carbocycles. The number of sulfonamides is 2. The van der Waals surface area contributed by atoms with Crippen molar-refractivity contribution in [2.45, 2.75) is 37.0 Å². The number of hydrogen-bond donors (Lipinski definition) is 3. The number of piperidine rings is 1. The Morgan fingerprint density at radius 3 is 2.38 bits per heavy atom. The van der Waals surface area contributed by atoms with Crippen molar-refractivity contribution in [3.63, 3.8) is 0 Å². The number of nitrogens with one attached hydrogen (secondary N) is 2. The SMILES string of the molecule is CC1(S(=O)(=O)NC2CCNCC2)C=CC(S(N)(=O)=O)=CC1. The number of primary sulfonamides is 1. The Balaban J connectivity index is 2.14. The number of rotatable bonds is 4. The first-order valence-electron chi connectivity index (χ1n) is 6.79. The third-order valence-electron chi connectivity index (χ3n) is 3.91. The molecule has 0 aromatic heterocycles. The lowest BCUT2D eigenvalue weighted by Crippen LogP contribution is -2.50. The average molecular weight is 335 g/mol. The molecule has 2 aliphatic rings. The van der Waals surface area contributed by atoms with E-state index < -0.39 is 24.8 Å². The van der Waals surface area contributed by atoms with E-state index in [2.05, 4.69) is 10.0 Å². The lowest BCUT2D eigenvalue weighted by atomic mass is 10.0. The van der Waals surface area contributed by atoms with Crippen LogP contribution in [0.15, 0.2) is 23.1 Å². The zero-order valence-corrected chi connectivity index (χ0v) is 13.5. The van der Waals surface area contributed by atoms with E-state index in [4.69, 9.17) is 5.14 Å². The first-order chi connectivity index (χ1) is 9.64. The van der Waals surface area contributed by atoms with Crippen LogP contribution in [0.2, 0.25) is 0 Å². The second-order valence-corrected chi connectivity index (χ2v) is 9.38. The summed E-state index contributed by atoms with van der Waals surface area (Å²) in [4.78, 5) is -0.0444. The molecule has 1 aliphatic heterocycles. The van der Waals surface area contributed by atoms with Gasteiger partial charge in [0, 0.05) is 6.04 Å². The zero-order valence-electron chi connectivity index (χ0n) is 11.9. The highest BCUT2D eigenvalue weighted by atomic mass is 32.2. The van der Waals surface area contributed by atoms with Crippen molar-refractivity contribution in [2.24, 2.45) is 5.14 Å². The summed E-state index contributed by atoms with van der Waals surface area (Å²) in [7, 11) is -7.39. The summed E-state index contributed by atoms with van der Waals surface area (Å²) in [5, 5.41) is 8.21. The smallest absolute Gasteiger partial charge is 0.237 e.